The van der Waals surface area contributed by atoms with Crippen LogP contribution in [0, 0.1) is 23.3 Å². The summed E-state index contributed by atoms with van der Waals surface area (Å²) >= 11 is 11.3. The number of ether oxygens (including phenoxy) is 1. The lowest BCUT2D eigenvalue weighted by Gasteiger charge is -2.23. The van der Waals surface area contributed by atoms with Crippen molar-refractivity contribution in [1.29, 1.82) is 0 Å². The lowest BCUT2D eigenvalue weighted by Crippen LogP contribution is -2.36. The van der Waals surface area contributed by atoms with Crippen LogP contribution in [0.3, 0.4) is 0 Å². The summed E-state index contributed by atoms with van der Waals surface area (Å²) in [6.07, 6.45) is 1.97. The summed E-state index contributed by atoms with van der Waals surface area (Å²) in [5.41, 5.74) is -0.337. The van der Waals surface area contributed by atoms with E-state index < -0.39 is 40.5 Å². The van der Waals surface area contributed by atoms with Crippen LogP contribution in [0.2, 0.25) is 5.02 Å². The summed E-state index contributed by atoms with van der Waals surface area (Å²) in [5, 5.41) is 4.87. The molecule has 0 unspecified atom stereocenters. The zero-order valence-corrected chi connectivity index (χ0v) is 17.2. The van der Waals surface area contributed by atoms with Crippen LogP contribution in [-0.2, 0) is 0 Å². The Bertz CT molecular complexity index is 987. The molecule has 1 fully saturated rings. The number of thiocarbonyl (C=S) groups is 1. The standard InChI is InChI=1S/C19H16ClF4N3O2S/c1-29-17-14(23)12(21)11(13(22)15(17)24)18(28)26-19(30)25-10-6-4-5-9(20)16(10)27-7-2-3-8-27/h4-6H,2-3,7-8H2,1H3,(H2,25,26,28,30). The van der Waals surface area contributed by atoms with Crippen molar-refractivity contribution in [3.8, 4) is 5.75 Å². The molecule has 11 heteroatoms. The summed E-state index contributed by atoms with van der Waals surface area (Å²) < 4.78 is 60.3. The van der Waals surface area contributed by atoms with Gasteiger partial charge >= 0.3 is 0 Å². The van der Waals surface area contributed by atoms with Crippen LogP contribution in [0.1, 0.15) is 23.2 Å². The van der Waals surface area contributed by atoms with Crippen LogP contribution in [0.25, 0.3) is 0 Å². The van der Waals surface area contributed by atoms with Gasteiger partial charge in [0.2, 0.25) is 11.6 Å². The molecule has 3 rings (SSSR count). The zero-order chi connectivity index (χ0) is 22.0. The van der Waals surface area contributed by atoms with Gasteiger partial charge in [-0.05, 0) is 37.2 Å². The number of amides is 1. The Kier molecular flexibility index (Phi) is 6.67. The average molecular weight is 462 g/mol. The molecule has 160 valence electrons. The van der Waals surface area contributed by atoms with E-state index in [-0.39, 0.29) is 5.11 Å². The predicted molar refractivity (Wildman–Crippen MR) is 109 cm³/mol. The van der Waals surface area contributed by atoms with Crippen molar-refractivity contribution in [2.75, 3.05) is 30.4 Å². The maximum atomic E-state index is 14.1. The summed E-state index contributed by atoms with van der Waals surface area (Å²) in [7, 11) is 0.835. The molecule has 2 N–H and O–H groups in total. The quantitative estimate of drug-likeness (QED) is 0.395. The van der Waals surface area contributed by atoms with Crippen molar-refractivity contribution in [1.82, 2.24) is 5.32 Å². The van der Waals surface area contributed by atoms with Gasteiger partial charge in [-0.3, -0.25) is 10.1 Å². The lowest BCUT2D eigenvalue weighted by molar-refractivity contribution is 0.0966. The zero-order valence-electron chi connectivity index (χ0n) is 15.6. The molecule has 1 aliphatic heterocycles. The highest BCUT2D eigenvalue weighted by atomic mass is 35.5. The van der Waals surface area contributed by atoms with Crippen molar-refractivity contribution in [3.05, 3.63) is 52.1 Å². The Balaban J connectivity index is 1.83. The molecule has 0 saturated carbocycles. The maximum Gasteiger partial charge on any atom is 0.263 e. The highest BCUT2D eigenvalue weighted by Gasteiger charge is 2.30. The van der Waals surface area contributed by atoms with Crippen molar-refractivity contribution in [3.63, 3.8) is 0 Å². The molecule has 0 aromatic heterocycles. The second kappa shape index (κ2) is 9.05. The molecular formula is C19H16ClF4N3O2S. The van der Waals surface area contributed by atoms with Crippen molar-refractivity contribution >= 4 is 46.2 Å². The number of halogens is 5. The number of hydrogen-bond acceptors (Lipinski definition) is 4. The van der Waals surface area contributed by atoms with Gasteiger partial charge in [0.15, 0.2) is 22.5 Å². The molecule has 0 atom stereocenters. The second-order valence-electron chi connectivity index (χ2n) is 6.40. The van der Waals surface area contributed by atoms with Crippen molar-refractivity contribution < 1.29 is 27.1 Å². The van der Waals surface area contributed by atoms with Crippen molar-refractivity contribution in [2.24, 2.45) is 0 Å². The normalized spacial score (nSPS) is 13.3. The minimum Gasteiger partial charge on any atom is -0.491 e. The number of nitrogens with zero attached hydrogens (tertiary/aromatic N) is 1. The molecule has 0 radical (unpaired) electrons. The first kappa shape index (κ1) is 22.1. The van der Waals surface area contributed by atoms with Gasteiger partial charge in [0.05, 0.1) is 23.5 Å². The van der Waals surface area contributed by atoms with E-state index in [1.54, 1.807) is 18.2 Å². The van der Waals surface area contributed by atoms with Crippen LogP contribution in [0.15, 0.2) is 18.2 Å². The summed E-state index contributed by atoms with van der Waals surface area (Å²) in [4.78, 5) is 14.3. The van der Waals surface area contributed by atoms with Crippen LogP contribution in [0.5, 0.6) is 5.75 Å². The van der Waals surface area contributed by atoms with Gasteiger partial charge in [-0.15, -0.1) is 0 Å². The van der Waals surface area contributed by atoms with Crippen LogP contribution >= 0.6 is 23.8 Å². The van der Waals surface area contributed by atoms with Gasteiger partial charge in [0.1, 0.15) is 5.56 Å². The molecule has 0 spiro atoms. The number of para-hydroxylation sites is 1. The second-order valence-corrected chi connectivity index (χ2v) is 7.22. The number of nitrogens with one attached hydrogen (secondary N) is 2. The summed E-state index contributed by atoms with van der Waals surface area (Å²) in [6, 6.07) is 5.00. The van der Waals surface area contributed by atoms with Crippen LogP contribution in [-0.4, -0.2) is 31.2 Å². The minimum absolute atomic E-state index is 0.335. The summed E-state index contributed by atoms with van der Waals surface area (Å²) in [6.45, 7) is 1.55. The molecule has 0 aliphatic carbocycles. The molecule has 1 heterocycles. The predicted octanol–water partition coefficient (Wildman–Crippen LogP) is 4.63. The molecule has 5 nitrogen and oxygen atoms in total. The highest BCUT2D eigenvalue weighted by molar-refractivity contribution is 7.80. The first-order valence-electron chi connectivity index (χ1n) is 8.82. The van der Waals surface area contributed by atoms with Crippen molar-refractivity contribution in [2.45, 2.75) is 12.8 Å². The maximum absolute atomic E-state index is 14.1. The Morgan fingerprint density at radius 1 is 1.10 bits per heavy atom. The molecule has 30 heavy (non-hydrogen) atoms. The Morgan fingerprint density at radius 3 is 2.27 bits per heavy atom. The van der Waals surface area contributed by atoms with E-state index in [9.17, 15) is 22.4 Å². The average Bonchev–Trinajstić information content (AvgIpc) is 3.21. The Hall–Kier alpha value is -2.59. The topological polar surface area (TPSA) is 53.6 Å². The highest BCUT2D eigenvalue weighted by Crippen LogP contribution is 2.36. The SMILES string of the molecule is COc1c(F)c(F)c(C(=O)NC(=S)Nc2cccc(Cl)c2N2CCCC2)c(F)c1F. The lowest BCUT2D eigenvalue weighted by atomic mass is 10.1. The van der Waals surface area contributed by atoms with Crippen LogP contribution < -0.4 is 20.3 Å². The van der Waals surface area contributed by atoms with E-state index in [4.69, 9.17) is 23.8 Å². The molecular weight excluding hydrogens is 446 g/mol. The van der Waals surface area contributed by atoms with Gasteiger partial charge < -0.3 is 15.0 Å². The van der Waals surface area contributed by atoms with Gasteiger partial charge in [-0.2, -0.15) is 8.78 Å². The van der Waals surface area contributed by atoms with Crippen LogP contribution in [0.4, 0.5) is 28.9 Å². The van der Waals surface area contributed by atoms with E-state index >= 15 is 0 Å². The number of carbonyl (C=O) groups excluding carboxylic acids is 1. The number of rotatable bonds is 4. The fourth-order valence-electron chi connectivity index (χ4n) is 3.19. The fraction of sp³-hybridized carbons (Fsp3) is 0.263. The first-order chi connectivity index (χ1) is 14.3. The van der Waals surface area contributed by atoms with Gasteiger partial charge in [-0.1, -0.05) is 17.7 Å². The van der Waals surface area contributed by atoms with Gasteiger partial charge in [-0.25, -0.2) is 8.78 Å². The third kappa shape index (κ3) is 4.15. The number of hydrogen-bond donors (Lipinski definition) is 2. The minimum atomic E-state index is -1.90. The largest absolute Gasteiger partial charge is 0.491 e. The number of carbonyl (C=O) groups is 1. The fourth-order valence-corrected chi connectivity index (χ4v) is 3.68. The van der Waals surface area contributed by atoms with E-state index in [1.165, 1.54) is 0 Å². The third-order valence-electron chi connectivity index (χ3n) is 4.54. The molecule has 2 aromatic carbocycles. The van der Waals surface area contributed by atoms with E-state index in [2.05, 4.69) is 10.1 Å². The molecule has 0 bridgehead atoms. The van der Waals surface area contributed by atoms with E-state index in [0.29, 0.717) is 16.4 Å². The third-order valence-corrected chi connectivity index (χ3v) is 5.05. The number of methoxy groups -OCH3 is 1. The van der Waals surface area contributed by atoms with Gasteiger partial charge in [0, 0.05) is 13.1 Å². The number of benzene rings is 2. The molecule has 1 amide bonds. The Morgan fingerprint density at radius 2 is 1.70 bits per heavy atom. The molecule has 1 saturated heterocycles. The van der Waals surface area contributed by atoms with Gasteiger partial charge in [0.25, 0.3) is 5.91 Å². The smallest absolute Gasteiger partial charge is 0.263 e. The monoisotopic (exact) mass is 461 g/mol. The van der Waals surface area contributed by atoms with E-state index in [1.807, 2.05) is 10.2 Å². The first-order valence-corrected chi connectivity index (χ1v) is 9.60. The number of anilines is 2. The summed E-state index contributed by atoms with van der Waals surface area (Å²) in [5.74, 6) is -10.2. The molecule has 1 aliphatic rings. The van der Waals surface area contributed by atoms with E-state index in [0.717, 1.165) is 33.0 Å². The molecule has 2 aromatic rings. The Labute approximate surface area is 179 Å².